The van der Waals surface area contributed by atoms with Crippen molar-refractivity contribution in [2.45, 2.75) is 62.7 Å². The van der Waals surface area contributed by atoms with E-state index in [9.17, 15) is 18.0 Å². The molecule has 1 aliphatic carbocycles. The Bertz CT molecular complexity index is 483. The monoisotopic (exact) mass is 316 g/mol. The minimum Gasteiger partial charge on any atom is -0.354 e. The normalized spacial score (nSPS) is 24.4. The van der Waals surface area contributed by atoms with Gasteiger partial charge in [0.2, 0.25) is 11.8 Å². The van der Waals surface area contributed by atoms with Crippen LogP contribution in [0.5, 0.6) is 0 Å². The molecular weight excluding hydrogens is 292 g/mol. The Balaban J connectivity index is 1.80. The van der Waals surface area contributed by atoms with Crippen LogP contribution in [0, 0.1) is 0 Å². The van der Waals surface area contributed by atoms with E-state index in [4.69, 9.17) is 0 Å². The van der Waals surface area contributed by atoms with E-state index >= 15 is 0 Å². The smallest absolute Gasteiger partial charge is 0.242 e. The number of hydrogen-bond donors (Lipinski definition) is 2. The summed E-state index contributed by atoms with van der Waals surface area (Å²) in [4.78, 5) is 23.6. The average Bonchev–Trinajstić information content (AvgIpc) is 2.92. The number of sulfone groups is 1. The van der Waals surface area contributed by atoms with Gasteiger partial charge in [-0.1, -0.05) is 12.8 Å². The highest BCUT2D eigenvalue weighted by Gasteiger charge is 2.29. The van der Waals surface area contributed by atoms with Crippen LogP contribution in [0.4, 0.5) is 0 Å². The topological polar surface area (TPSA) is 92.3 Å². The molecule has 2 rings (SSSR count). The third-order valence-electron chi connectivity index (χ3n) is 4.29. The summed E-state index contributed by atoms with van der Waals surface area (Å²) >= 11 is 0. The van der Waals surface area contributed by atoms with Crippen molar-refractivity contribution in [1.82, 2.24) is 10.6 Å². The van der Waals surface area contributed by atoms with Crippen LogP contribution in [0.25, 0.3) is 0 Å². The summed E-state index contributed by atoms with van der Waals surface area (Å²) in [5.74, 6) is -0.629. The van der Waals surface area contributed by atoms with Crippen LogP contribution in [0.15, 0.2) is 0 Å². The first kappa shape index (κ1) is 16.3. The molecule has 2 aliphatic rings. The minimum atomic E-state index is -3.18. The second-order valence-corrected chi connectivity index (χ2v) is 8.33. The lowest BCUT2D eigenvalue weighted by Crippen LogP contribution is -2.45. The molecular formula is C14H24N2O4S. The molecule has 0 aromatic rings. The third-order valence-corrected chi connectivity index (χ3v) is 6.55. The zero-order valence-electron chi connectivity index (χ0n) is 12.3. The molecule has 1 atom stereocenters. The molecule has 0 radical (unpaired) electrons. The summed E-state index contributed by atoms with van der Waals surface area (Å²) in [5.41, 5.74) is 0. The summed E-state index contributed by atoms with van der Waals surface area (Å²) in [6, 6.07) is -0.519. The van der Waals surface area contributed by atoms with Crippen LogP contribution in [-0.4, -0.2) is 43.8 Å². The highest BCUT2D eigenvalue weighted by atomic mass is 32.2. The summed E-state index contributed by atoms with van der Waals surface area (Å²) in [6.07, 6.45) is 5.70. The zero-order chi connectivity index (χ0) is 15.3. The van der Waals surface area contributed by atoms with Crippen molar-refractivity contribution >= 4 is 21.7 Å². The standard InChI is InChI=1S/C14H24N2O4S/c17-13(16-12-7-3-4-9-15-14(12)18)8-10-21(19,20)11-5-1-2-6-11/h11-12H,1-10H2,(H,15,18)(H,16,17)/t12-/m1/s1. The molecule has 0 spiro atoms. The average molecular weight is 316 g/mol. The molecule has 7 heteroatoms. The van der Waals surface area contributed by atoms with Crippen LogP contribution in [0.2, 0.25) is 0 Å². The molecule has 0 aromatic heterocycles. The van der Waals surface area contributed by atoms with Gasteiger partial charge in [-0.3, -0.25) is 9.59 Å². The molecule has 0 unspecified atom stereocenters. The largest absolute Gasteiger partial charge is 0.354 e. The van der Waals surface area contributed by atoms with E-state index < -0.39 is 15.9 Å². The van der Waals surface area contributed by atoms with Crippen molar-refractivity contribution in [2.75, 3.05) is 12.3 Å². The Hall–Kier alpha value is -1.11. The number of amides is 2. The fourth-order valence-corrected chi connectivity index (χ4v) is 4.85. The molecule has 1 saturated heterocycles. The van der Waals surface area contributed by atoms with Gasteiger partial charge in [-0.2, -0.15) is 0 Å². The van der Waals surface area contributed by atoms with E-state index in [1.807, 2.05) is 0 Å². The lowest BCUT2D eigenvalue weighted by atomic mass is 10.1. The first-order valence-corrected chi connectivity index (χ1v) is 9.49. The summed E-state index contributed by atoms with van der Waals surface area (Å²) in [7, 11) is -3.18. The van der Waals surface area contributed by atoms with Crippen LogP contribution >= 0.6 is 0 Å². The van der Waals surface area contributed by atoms with Crippen LogP contribution < -0.4 is 10.6 Å². The van der Waals surface area contributed by atoms with Gasteiger partial charge in [0.25, 0.3) is 0 Å². The van der Waals surface area contributed by atoms with E-state index in [0.717, 1.165) is 38.5 Å². The molecule has 2 N–H and O–H groups in total. The van der Waals surface area contributed by atoms with Crippen molar-refractivity contribution < 1.29 is 18.0 Å². The van der Waals surface area contributed by atoms with Gasteiger partial charge < -0.3 is 10.6 Å². The van der Waals surface area contributed by atoms with Gasteiger partial charge >= 0.3 is 0 Å². The highest BCUT2D eigenvalue weighted by molar-refractivity contribution is 7.92. The van der Waals surface area contributed by atoms with Crippen molar-refractivity contribution in [1.29, 1.82) is 0 Å². The first-order valence-electron chi connectivity index (χ1n) is 7.78. The van der Waals surface area contributed by atoms with Crippen molar-refractivity contribution in [2.24, 2.45) is 0 Å². The van der Waals surface area contributed by atoms with Gasteiger partial charge in [0.1, 0.15) is 6.04 Å². The molecule has 1 saturated carbocycles. The van der Waals surface area contributed by atoms with Gasteiger partial charge in [-0.25, -0.2) is 8.42 Å². The second-order valence-electron chi connectivity index (χ2n) is 5.93. The second kappa shape index (κ2) is 7.24. The summed E-state index contributed by atoms with van der Waals surface area (Å²) in [5, 5.41) is 5.13. The number of carbonyl (C=O) groups excluding carboxylic acids is 2. The molecule has 0 bridgehead atoms. The fraction of sp³-hybridized carbons (Fsp3) is 0.857. The van der Waals surface area contributed by atoms with E-state index in [-0.39, 0.29) is 29.2 Å². The number of carbonyl (C=O) groups is 2. The zero-order valence-corrected chi connectivity index (χ0v) is 13.1. The summed E-state index contributed by atoms with van der Waals surface area (Å²) < 4.78 is 24.2. The van der Waals surface area contributed by atoms with Crippen molar-refractivity contribution in [3.63, 3.8) is 0 Å². The van der Waals surface area contributed by atoms with E-state index in [2.05, 4.69) is 10.6 Å². The first-order chi connectivity index (χ1) is 9.99. The van der Waals surface area contributed by atoms with E-state index in [1.165, 1.54) is 0 Å². The Morgan fingerprint density at radius 2 is 1.81 bits per heavy atom. The maximum Gasteiger partial charge on any atom is 0.242 e. The van der Waals surface area contributed by atoms with Gasteiger partial charge in [0, 0.05) is 13.0 Å². The van der Waals surface area contributed by atoms with Gasteiger partial charge in [0.05, 0.1) is 11.0 Å². The quantitative estimate of drug-likeness (QED) is 0.773. The Morgan fingerprint density at radius 1 is 1.14 bits per heavy atom. The van der Waals surface area contributed by atoms with Crippen LogP contribution in [0.1, 0.15) is 51.4 Å². The SMILES string of the molecule is O=C(CCS(=O)(=O)C1CCCC1)N[C@@H]1CCCCNC1=O. The molecule has 1 aliphatic heterocycles. The van der Waals surface area contributed by atoms with E-state index in [0.29, 0.717) is 13.0 Å². The predicted octanol–water partition coefficient (Wildman–Crippen LogP) is 0.519. The Labute approximate surface area is 126 Å². The molecule has 2 amide bonds. The highest BCUT2D eigenvalue weighted by Crippen LogP contribution is 2.25. The lowest BCUT2D eigenvalue weighted by Gasteiger charge is -2.16. The molecule has 120 valence electrons. The Morgan fingerprint density at radius 3 is 2.52 bits per heavy atom. The lowest BCUT2D eigenvalue weighted by molar-refractivity contribution is -0.128. The van der Waals surface area contributed by atoms with Gasteiger partial charge in [-0.05, 0) is 32.1 Å². The third kappa shape index (κ3) is 4.69. The maximum atomic E-state index is 12.1. The fourth-order valence-electron chi connectivity index (χ4n) is 2.99. The Kier molecular flexibility index (Phi) is 5.61. The predicted molar refractivity (Wildman–Crippen MR) is 79.5 cm³/mol. The van der Waals surface area contributed by atoms with Crippen molar-refractivity contribution in [3.8, 4) is 0 Å². The number of rotatable bonds is 5. The van der Waals surface area contributed by atoms with Crippen LogP contribution in [-0.2, 0) is 19.4 Å². The summed E-state index contributed by atoms with van der Waals surface area (Å²) in [6.45, 7) is 0.640. The molecule has 0 aromatic carbocycles. The number of nitrogens with one attached hydrogen (secondary N) is 2. The molecule has 6 nitrogen and oxygen atoms in total. The molecule has 1 heterocycles. The van der Waals surface area contributed by atoms with Gasteiger partial charge in [0.15, 0.2) is 9.84 Å². The number of hydrogen-bond acceptors (Lipinski definition) is 4. The van der Waals surface area contributed by atoms with Gasteiger partial charge in [-0.15, -0.1) is 0 Å². The van der Waals surface area contributed by atoms with Crippen LogP contribution in [0.3, 0.4) is 0 Å². The van der Waals surface area contributed by atoms with E-state index in [1.54, 1.807) is 0 Å². The van der Waals surface area contributed by atoms with Crippen molar-refractivity contribution in [3.05, 3.63) is 0 Å². The molecule has 2 fully saturated rings. The molecule has 21 heavy (non-hydrogen) atoms. The maximum absolute atomic E-state index is 12.1. The minimum absolute atomic E-state index is 0.0530.